The monoisotopic (exact) mass is 312 g/mol. The highest BCUT2D eigenvalue weighted by Gasteiger charge is 1.93. The number of rotatable bonds is 2. The van der Waals surface area contributed by atoms with Crippen LogP contribution in [0.4, 0.5) is 0 Å². The van der Waals surface area contributed by atoms with Crippen LogP contribution in [0.1, 0.15) is 34.1 Å². The summed E-state index contributed by atoms with van der Waals surface area (Å²) in [6.07, 6.45) is 1.08. The fraction of sp³-hybridized carbons (Fsp3) is 0.750. The van der Waals surface area contributed by atoms with Crippen LogP contribution in [-0.2, 0) is 0 Å². The van der Waals surface area contributed by atoms with E-state index in [9.17, 15) is 0 Å². The van der Waals surface area contributed by atoms with Crippen LogP contribution >= 0.6 is 24.0 Å². The number of halogens is 1. The summed E-state index contributed by atoms with van der Waals surface area (Å²) in [7, 11) is 5.29. The second-order valence-electron chi connectivity index (χ2n) is 2.76. The van der Waals surface area contributed by atoms with Crippen LogP contribution in [0.3, 0.4) is 0 Å². The first-order chi connectivity index (χ1) is 5.99. The first-order valence-electron chi connectivity index (χ1n) is 4.12. The van der Waals surface area contributed by atoms with Gasteiger partial charge in [0.15, 0.2) is 0 Å². The predicted molar refractivity (Wildman–Crippen MR) is 70.7 cm³/mol. The quantitative estimate of drug-likeness (QED) is 0.271. The summed E-state index contributed by atoms with van der Waals surface area (Å²) in [4.78, 5) is 0. The Bertz CT molecular complexity index is 168. The summed E-state index contributed by atoms with van der Waals surface area (Å²) in [5, 5.41) is 21.6. The van der Waals surface area contributed by atoms with Gasteiger partial charge in [0.05, 0.1) is 7.85 Å². The molecule has 6 heteroatoms. The molecule has 0 bridgehead atoms. The molecule has 0 aromatic rings. The summed E-state index contributed by atoms with van der Waals surface area (Å²) in [5.41, 5.74) is 0.625. The zero-order chi connectivity index (χ0) is 10.9. The fourth-order valence-electron chi connectivity index (χ4n) is 0.145. The molecule has 0 saturated heterocycles. The molecule has 2 radical (unpaired) electrons. The Kier molecular flexibility index (Phi) is 17.6. The van der Waals surface area contributed by atoms with Gasteiger partial charge in [0, 0.05) is 0 Å². The van der Waals surface area contributed by atoms with E-state index in [-0.39, 0.29) is 24.0 Å². The molecule has 1 unspecified atom stereocenters. The van der Waals surface area contributed by atoms with Crippen molar-refractivity contribution in [3.63, 3.8) is 0 Å². The fourth-order valence-corrected chi connectivity index (χ4v) is 0.145. The number of oxime groups is 2. The lowest BCUT2D eigenvalue weighted by Crippen LogP contribution is -2.04. The van der Waals surface area contributed by atoms with Crippen molar-refractivity contribution in [2.24, 2.45) is 10.3 Å². The van der Waals surface area contributed by atoms with Crippen molar-refractivity contribution in [2.75, 3.05) is 0 Å². The van der Waals surface area contributed by atoms with E-state index in [0.29, 0.717) is 17.2 Å². The summed E-state index contributed by atoms with van der Waals surface area (Å²) in [6, 6.07) is 0. The van der Waals surface area contributed by atoms with E-state index in [1.54, 1.807) is 0 Å². The van der Waals surface area contributed by atoms with E-state index < -0.39 is 0 Å². The zero-order valence-electron chi connectivity index (χ0n) is 9.06. The van der Waals surface area contributed by atoms with Crippen LogP contribution < -0.4 is 0 Å². The summed E-state index contributed by atoms with van der Waals surface area (Å²) in [6.45, 7) is 7.15. The molecule has 1 atom stereocenters. The lowest BCUT2D eigenvalue weighted by atomic mass is 9.88. The van der Waals surface area contributed by atoms with Gasteiger partial charge in [-0.15, -0.1) is 24.0 Å². The van der Waals surface area contributed by atoms with E-state index in [1.807, 2.05) is 6.92 Å². The second-order valence-corrected chi connectivity index (χ2v) is 2.76. The van der Waals surface area contributed by atoms with Crippen molar-refractivity contribution < 1.29 is 10.4 Å². The van der Waals surface area contributed by atoms with E-state index in [2.05, 4.69) is 17.2 Å². The van der Waals surface area contributed by atoms with E-state index in [0.717, 1.165) is 6.42 Å². The number of hydrogen-bond donors (Lipinski definition) is 2. The molecule has 0 saturated carbocycles. The van der Waals surface area contributed by atoms with Crippen LogP contribution in [0, 0.1) is 0 Å². The molecule has 0 rings (SSSR count). The Morgan fingerprint density at radius 2 is 1.43 bits per heavy atom. The smallest absolute Gasteiger partial charge is 0.101 e. The lowest BCUT2D eigenvalue weighted by Gasteiger charge is -1.90. The minimum atomic E-state index is 0. The molecule has 2 N–H and O–H groups in total. The van der Waals surface area contributed by atoms with Crippen molar-refractivity contribution in [2.45, 2.75) is 39.9 Å². The maximum atomic E-state index is 8.03. The zero-order valence-corrected chi connectivity index (χ0v) is 11.4. The van der Waals surface area contributed by atoms with Crippen LogP contribution in [-0.4, -0.2) is 29.7 Å². The Morgan fingerprint density at radius 3 is 1.50 bits per heavy atom. The molecule has 0 heterocycles. The molecule has 82 valence electrons. The van der Waals surface area contributed by atoms with Crippen LogP contribution in [0.25, 0.3) is 0 Å². The van der Waals surface area contributed by atoms with Crippen molar-refractivity contribution in [3.8, 4) is 0 Å². The topological polar surface area (TPSA) is 65.2 Å². The van der Waals surface area contributed by atoms with Crippen LogP contribution in [0.2, 0.25) is 5.82 Å². The summed E-state index contributed by atoms with van der Waals surface area (Å²) < 4.78 is 0. The minimum absolute atomic E-state index is 0. The van der Waals surface area contributed by atoms with Gasteiger partial charge in [-0.05, 0) is 13.8 Å². The van der Waals surface area contributed by atoms with E-state index in [1.165, 1.54) is 13.8 Å². The average Bonchev–Trinajstić information content (AvgIpc) is 2.16. The minimum Gasteiger partial charge on any atom is -0.411 e. The van der Waals surface area contributed by atoms with Gasteiger partial charge in [-0.25, -0.2) is 0 Å². The molecule has 0 spiro atoms. The second kappa shape index (κ2) is 12.7. The highest BCUT2D eigenvalue weighted by molar-refractivity contribution is 14.0. The van der Waals surface area contributed by atoms with E-state index in [4.69, 9.17) is 18.3 Å². The molecule has 0 fully saturated rings. The predicted octanol–water partition coefficient (Wildman–Crippen LogP) is 2.68. The van der Waals surface area contributed by atoms with Gasteiger partial charge in [-0.3, -0.25) is 0 Å². The first kappa shape index (κ1) is 19.3. The highest BCUT2D eigenvalue weighted by atomic mass is 127. The largest absolute Gasteiger partial charge is 0.411 e. The molecule has 0 aromatic heterocycles. The Labute approximate surface area is 104 Å². The van der Waals surface area contributed by atoms with Crippen molar-refractivity contribution in [3.05, 3.63) is 0 Å². The normalized spacial score (nSPS) is 13.4. The van der Waals surface area contributed by atoms with Gasteiger partial charge in [-0.1, -0.05) is 36.4 Å². The Morgan fingerprint density at radius 1 is 1.21 bits per heavy atom. The summed E-state index contributed by atoms with van der Waals surface area (Å²) in [5.74, 6) is 0.384. The van der Waals surface area contributed by atoms with Gasteiger partial charge in [0.1, 0.15) is 11.4 Å². The first-order valence-corrected chi connectivity index (χ1v) is 4.12. The van der Waals surface area contributed by atoms with Crippen molar-refractivity contribution >= 4 is 43.2 Å². The molecule has 0 aromatic carbocycles. The Balaban J connectivity index is -0.000000177. The Hall–Kier alpha value is -0.265. The molecule has 0 amide bonds. The van der Waals surface area contributed by atoms with Crippen molar-refractivity contribution in [1.82, 2.24) is 0 Å². The molecule has 0 aliphatic rings. The van der Waals surface area contributed by atoms with Crippen molar-refractivity contribution in [1.29, 1.82) is 0 Å². The van der Waals surface area contributed by atoms with Crippen LogP contribution in [0.5, 0.6) is 0 Å². The molecule has 14 heavy (non-hydrogen) atoms. The highest BCUT2D eigenvalue weighted by Crippen LogP contribution is 1.97. The SMILES string of the molecule is CC(=NO)C(C)=NO.I.[B]C(C)CC. The third kappa shape index (κ3) is 14.3. The molecule has 0 aliphatic carbocycles. The van der Waals surface area contributed by atoms with Crippen LogP contribution in [0.15, 0.2) is 10.3 Å². The summed E-state index contributed by atoms with van der Waals surface area (Å²) >= 11 is 0. The molecular formula is C8H18BIN2O2. The maximum Gasteiger partial charge on any atom is 0.101 e. The number of nitrogens with zero attached hydrogens (tertiary/aromatic N) is 2. The third-order valence-electron chi connectivity index (χ3n) is 1.47. The average molecular weight is 312 g/mol. The molecular weight excluding hydrogens is 294 g/mol. The molecule has 0 aliphatic heterocycles. The molecule has 4 nitrogen and oxygen atoms in total. The standard InChI is InChI=1S/C4H9B.C4H8N2O2.HI/c1-3-4(2)5;1-3(5-7)4(2)6-8;/h4H,3H2,1-2H3;7-8H,1-2H3;1H. The maximum absolute atomic E-state index is 8.03. The third-order valence-corrected chi connectivity index (χ3v) is 1.47. The van der Waals surface area contributed by atoms with Gasteiger partial charge in [0.2, 0.25) is 0 Å². The van der Waals surface area contributed by atoms with Gasteiger partial charge in [-0.2, -0.15) is 0 Å². The number of hydrogen-bond acceptors (Lipinski definition) is 4. The van der Waals surface area contributed by atoms with E-state index >= 15 is 0 Å². The lowest BCUT2D eigenvalue weighted by molar-refractivity contribution is 0.313. The van der Waals surface area contributed by atoms with Gasteiger partial charge >= 0.3 is 0 Å². The van der Waals surface area contributed by atoms with Gasteiger partial charge in [0.25, 0.3) is 0 Å². The van der Waals surface area contributed by atoms with Gasteiger partial charge < -0.3 is 10.4 Å².